The highest BCUT2D eigenvalue weighted by Gasteiger charge is 2.39. The number of hydrogen-bond acceptors (Lipinski definition) is 3. The molecule has 2 atom stereocenters. The standard InChI is InChI=1S/C13H24F2N2O2/c1-12(2,3)19-11(18)17-7-5-6-9(17)8-13(4,16)10(14)15/h9-10H,5-8,16H2,1-4H3. The quantitative estimate of drug-likeness (QED) is 0.863. The first kappa shape index (κ1) is 16.1. The van der Waals surface area contributed by atoms with E-state index in [9.17, 15) is 13.6 Å². The zero-order valence-corrected chi connectivity index (χ0v) is 12.1. The van der Waals surface area contributed by atoms with Gasteiger partial charge < -0.3 is 15.4 Å². The number of ether oxygens (including phenoxy) is 1. The third-order valence-corrected chi connectivity index (χ3v) is 3.18. The Morgan fingerprint density at radius 2 is 2.00 bits per heavy atom. The van der Waals surface area contributed by atoms with Crippen molar-refractivity contribution in [2.45, 2.75) is 70.6 Å². The zero-order valence-electron chi connectivity index (χ0n) is 12.1. The molecule has 2 unspecified atom stereocenters. The van der Waals surface area contributed by atoms with Gasteiger partial charge in [-0.25, -0.2) is 13.6 Å². The summed E-state index contributed by atoms with van der Waals surface area (Å²) in [5.41, 5.74) is 3.44. The van der Waals surface area contributed by atoms with Gasteiger partial charge in [0.25, 0.3) is 6.43 Å². The summed E-state index contributed by atoms with van der Waals surface area (Å²) < 4.78 is 30.9. The number of amides is 1. The van der Waals surface area contributed by atoms with Gasteiger partial charge >= 0.3 is 6.09 Å². The molecule has 1 saturated heterocycles. The van der Waals surface area contributed by atoms with E-state index in [1.165, 1.54) is 11.8 Å². The van der Waals surface area contributed by atoms with Crippen LogP contribution in [0.15, 0.2) is 0 Å². The molecule has 2 N–H and O–H groups in total. The molecule has 0 aliphatic carbocycles. The Morgan fingerprint density at radius 3 is 2.47 bits per heavy atom. The van der Waals surface area contributed by atoms with Crippen LogP contribution in [-0.2, 0) is 4.74 Å². The maximum absolute atomic E-state index is 12.8. The Morgan fingerprint density at radius 1 is 1.42 bits per heavy atom. The molecule has 1 rings (SSSR count). The second kappa shape index (κ2) is 5.61. The number of carbonyl (C=O) groups is 1. The topological polar surface area (TPSA) is 55.6 Å². The minimum atomic E-state index is -2.60. The number of likely N-dealkylation sites (tertiary alicyclic amines) is 1. The molecule has 0 bridgehead atoms. The molecule has 0 radical (unpaired) electrons. The van der Waals surface area contributed by atoms with Crippen LogP contribution < -0.4 is 5.73 Å². The largest absolute Gasteiger partial charge is 0.444 e. The minimum absolute atomic E-state index is 0.0872. The minimum Gasteiger partial charge on any atom is -0.444 e. The van der Waals surface area contributed by atoms with Crippen molar-refractivity contribution in [3.63, 3.8) is 0 Å². The van der Waals surface area contributed by atoms with Crippen molar-refractivity contribution >= 4 is 6.09 Å². The lowest BCUT2D eigenvalue weighted by molar-refractivity contribution is 0.0112. The lowest BCUT2D eigenvalue weighted by Crippen LogP contribution is -2.50. The van der Waals surface area contributed by atoms with Gasteiger partial charge in [0.1, 0.15) is 5.60 Å². The molecule has 1 fully saturated rings. The Bertz CT molecular complexity index is 327. The number of halogens is 2. The van der Waals surface area contributed by atoms with E-state index in [4.69, 9.17) is 10.5 Å². The van der Waals surface area contributed by atoms with E-state index >= 15 is 0 Å². The van der Waals surface area contributed by atoms with E-state index in [0.29, 0.717) is 13.0 Å². The number of rotatable bonds is 3. The second-order valence-corrected chi connectivity index (χ2v) is 6.48. The normalized spacial score (nSPS) is 23.6. The van der Waals surface area contributed by atoms with Gasteiger partial charge in [-0.1, -0.05) is 0 Å². The van der Waals surface area contributed by atoms with Crippen LogP contribution in [0.2, 0.25) is 0 Å². The fourth-order valence-electron chi connectivity index (χ4n) is 2.21. The van der Waals surface area contributed by atoms with Gasteiger partial charge in [-0.15, -0.1) is 0 Å². The summed E-state index contributed by atoms with van der Waals surface area (Å²) in [5, 5.41) is 0. The van der Waals surface area contributed by atoms with Crippen molar-refractivity contribution in [1.82, 2.24) is 4.90 Å². The molecule has 1 heterocycles. The highest BCUT2D eigenvalue weighted by Crippen LogP contribution is 2.28. The Hall–Kier alpha value is -0.910. The van der Waals surface area contributed by atoms with Crippen LogP contribution in [0.1, 0.15) is 47.0 Å². The van der Waals surface area contributed by atoms with Gasteiger partial charge in [0.2, 0.25) is 0 Å². The third kappa shape index (κ3) is 4.60. The number of carbonyl (C=O) groups excluding carboxylic acids is 1. The summed E-state index contributed by atoms with van der Waals surface area (Å²) in [4.78, 5) is 13.5. The van der Waals surface area contributed by atoms with Crippen LogP contribution in [-0.4, -0.2) is 41.1 Å². The van der Waals surface area contributed by atoms with Gasteiger partial charge in [0, 0.05) is 12.6 Å². The van der Waals surface area contributed by atoms with Crippen LogP contribution in [0.4, 0.5) is 13.6 Å². The highest BCUT2D eigenvalue weighted by molar-refractivity contribution is 5.69. The van der Waals surface area contributed by atoms with Gasteiger partial charge in [-0.05, 0) is 47.0 Å². The molecule has 1 aliphatic rings. The fourth-order valence-corrected chi connectivity index (χ4v) is 2.21. The molecule has 0 saturated carbocycles. The first-order valence-corrected chi connectivity index (χ1v) is 6.59. The zero-order chi connectivity index (χ0) is 14.8. The van der Waals surface area contributed by atoms with Crippen LogP contribution in [0, 0.1) is 0 Å². The smallest absolute Gasteiger partial charge is 0.410 e. The number of hydrogen-bond donors (Lipinski definition) is 1. The lowest BCUT2D eigenvalue weighted by atomic mass is 9.93. The highest BCUT2D eigenvalue weighted by atomic mass is 19.3. The second-order valence-electron chi connectivity index (χ2n) is 6.48. The summed E-state index contributed by atoms with van der Waals surface area (Å²) in [6.45, 7) is 7.20. The van der Waals surface area contributed by atoms with E-state index < -0.39 is 23.7 Å². The first-order valence-electron chi connectivity index (χ1n) is 6.59. The van der Waals surface area contributed by atoms with Crippen LogP contribution in [0.3, 0.4) is 0 Å². The van der Waals surface area contributed by atoms with Crippen LogP contribution in [0.5, 0.6) is 0 Å². The van der Waals surface area contributed by atoms with Crippen molar-refractivity contribution < 1.29 is 18.3 Å². The van der Waals surface area contributed by atoms with E-state index in [2.05, 4.69) is 0 Å². The molecule has 1 aliphatic heterocycles. The molecular weight excluding hydrogens is 254 g/mol. The summed E-state index contributed by atoms with van der Waals surface area (Å²) in [7, 11) is 0. The fraction of sp³-hybridized carbons (Fsp3) is 0.923. The monoisotopic (exact) mass is 278 g/mol. The molecule has 6 heteroatoms. The first-order chi connectivity index (χ1) is 8.53. The summed E-state index contributed by atoms with van der Waals surface area (Å²) in [6, 6.07) is -0.265. The average molecular weight is 278 g/mol. The summed E-state index contributed by atoms with van der Waals surface area (Å²) in [5.74, 6) is 0. The average Bonchev–Trinajstić information content (AvgIpc) is 2.61. The van der Waals surface area contributed by atoms with Crippen molar-refractivity contribution in [2.75, 3.05) is 6.54 Å². The number of nitrogens with zero attached hydrogens (tertiary/aromatic N) is 1. The van der Waals surface area contributed by atoms with Gasteiger partial charge in [0.15, 0.2) is 0 Å². The maximum Gasteiger partial charge on any atom is 0.410 e. The van der Waals surface area contributed by atoms with Crippen molar-refractivity contribution in [2.24, 2.45) is 5.73 Å². The van der Waals surface area contributed by atoms with E-state index in [1.807, 2.05) is 0 Å². The van der Waals surface area contributed by atoms with Gasteiger partial charge in [-0.3, -0.25) is 0 Å². The van der Waals surface area contributed by atoms with E-state index in [0.717, 1.165) is 6.42 Å². The van der Waals surface area contributed by atoms with E-state index in [1.54, 1.807) is 20.8 Å². The maximum atomic E-state index is 12.8. The lowest BCUT2D eigenvalue weighted by Gasteiger charge is -2.33. The molecule has 0 aromatic carbocycles. The molecule has 0 spiro atoms. The van der Waals surface area contributed by atoms with Crippen LogP contribution in [0.25, 0.3) is 0 Å². The Kier molecular flexibility index (Phi) is 4.76. The molecule has 0 aromatic rings. The Balaban J connectivity index is 2.67. The third-order valence-electron chi connectivity index (χ3n) is 3.18. The molecule has 1 amide bonds. The van der Waals surface area contributed by atoms with Crippen molar-refractivity contribution in [3.05, 3.63) is 0 Å². The predicted molar refractivity (Wildman–Crippen MR) is 69.2 cm³/mol. The molecule has 112 valence electrons. The molecule has 4 nitrogen and oxygen atoms in total. The van der Waals surface area contributed by atoms with Crippen molar-refractivity contribution in [1.29, 1.82) is 0 Å². The summed E-state index contributed by atoms with van der Waals surface area (Å²) in [6.07, 6.45) is -1.47. The molecular formula is C13H24F2N2O2. The number of alkyl halides is 2. The van der Waals surface area contributed by atoms with Gasteiger partial charge in [-0.2, -0.15) is 0 Å². The Labute approximate surface area is 113 Å². The van der Waals surface area contributed by atoms with Crippen molar-refractivity contribution in [3.8, 4) is 0 Å². The SMILES string of the molecule is CC(C)(C)OC(=O)N1CCCC1CC(C)(N)C(F)F. The van der Waals surface area contributed by atoms with Gasteiger partial charge in [0.05, 0.1) is 5.54 Å². The van der Waals surface area contributed by atoms with Crippen LogP contribution >= 0.6 is 0 Å². The summed E-state index contributed by atoms with van der Waals surface area (Å²) >= 11 is 0. The van der Waals surface area contributed by atoms with E-state index in [-0.39, 0.29) is 12.5 Å². The predicted octanol–water partition coefficient (Wildman–Crippen LogP) is 2.76. The molecule has 0 aromatic heterocycles. The molecule has 19 heavy (non-hydrogen) atoms. The number of nitrogens with two attached hydrogens (primary N) is 1.